The van der Waals surface area contributed by atoms with Crippen molar-refractivity contribution >= 4 is 11.9 Å². The zero-order valence-corrected chi connectivity index (χ0v) is 9.59. The number of carboxylic acids is 1. The Balaban J connectivity index is 2.05. The zero-order chi connectivity index (χ0) is 13.1. The largest absolute Gasteiger partial charge is 0.481 e. The predicted molar refractivity (Wildman–Crippen MR) is 61.2 cm³/mol. The van der Waals surface area contributed by atoms with Gasteiger partial charge in [-0.15, -0.1) is 0 Å². The van der Waals surface area contributed by atoms with Crippen LogP contribution < -0.4 is 10.9 Å². The molecule has 0 spiro atoms. The number of nitrogens with one attached hydrogen (secondary N) is 1. The molecule has 2 N–H and O–H groups in total. The molecule has 0 bridgehead atoms. The molecule has 1 amide bonds. The van der Waals surface area contributed by atoms with E-state index < -0.39 is 23.4 Å². The molecule has 6 nitrogen and oxygen atoms in total. The molecular formula is C12H13NO5. The van der Waals surface area contributed by atoms with E-state index in [0.29, 0.717) is 12.8 Å². The number of hydrogen-bond acceptors (Lipinski definition) is 4. The van der Waals surface area contributed by atoms with Crippen LogP contribution in [0.25, 0.3) is 0 Å². The Labute approximate surface area is 103 Å². The number of amides is 1. The van der Waals surface area contributed by atoms with E-state index in [2.05, 4.69) is 9.73 Å². The summed E-state index contributed by atoms with van der Waals surface area (Å²) in [6.07, 6.45) is 3.08. The van der Waals surface area contributed by atoms with Crippen molar-refractivity contribution in [2.24, 2.45) is 5.92 Å². The lowest BCUT2D eigenvalue weighted by Crippen LogP contribution is -2.40. The fraction of sp³-hybridized carbons (Fsp3) is 0.417. The van der Waals surface area contributed by atoms with Gasteiger partial charge in [-0.25, -0.2) is 4.79 Å². The minimum absolute atomic E-state index is 0.214. The van der Waals surface area contributed by atoms with Gasteiger partial charge in [0.2, 0.25) is 0 Å². The van der Waals surface area contributed by atoms with Gasteiger partial charge in [0.1, 0.15) is 6.26 Å². The van der Waals surface area contributed by atoms with Crippen LogP contribution in [0.3, 0.4) is 0 Å². The van der Waals surface area contributed by atoms with E-state index in [1.165, 1.54) is 6.07 Å². The molecule has 2 unspecified atom stereocenters. The number of carbonyl (C=O) groups is 2. The molecule has 0 saturated heterocycles. The topological polar surface area (TPSA) is 96.6 Å². The van der Waals surface area contributed by atoms with E-state index >= 15 is 0 Å². The highest BCUT2D eigenvalue weighted by atomic mass is 16.4. The van der Waals surface area contributed by atoms with E-state index in [4.69, 9.17) is 5.11 Å². The lowest BCUT2D eigenvalue weighted by Gasteiger charge is -2.17. The average Bonchev–Trinajstić information content (AvgIpc) is 2.78. The van der Waals surface area contributed by atoms with Crippen LogP contribution in [0.5, 0.6) is 0 Å². The maximum atomic E-state index is 11.8. The van der Waals surface area contributed by atoms with Crippen LogP contribution in [0.4, 0.5) is 0 Å². The molecule has 2 rings (SSSR count). The van der Waals surface area contributed by atoms with Gasteiger partial charge >= 0.3 is 11.6 Å². The Hall–Kier alpha value is -2.11. The highest BCUT2D eigenvalue weighted by molar-refractivity contribution is 5.94. The molecule has 96 valence electrons. The van der Waals surface area contributed by atoms with Crippen molar-refractivity contribution < 1.29 is 19.1 Å². The first-order valence-electron chi connectivity index (χ1n) is 5.70. The predicted octanol–water partition coefficient (Wildman–Crippen LogP) is 0.623. The van der Waals surface area contributed by atoms with E-state index in [1.54, 1.807) is 0 Å². The molecule has 0 aromatic carbocycles. The van der Waals surface area contributed by atoms with Crippen molar-refractivity contribution in [1.29, 1.82) is 0 Å². The van der Waals surface area contributed by atoms with E-state index in [1.807, 2.05) is 0 Å². The molecule has 1 aliphatic rings. The summed E-state index contributed by atoms with van der Waals surface area (Å²) in [5, 5.41) is 11.7. The minimum atomic E-state index is -0.891. The lowest BCUT2D eigenvalue weighted by molar-refractivity contribution is -0.142. The van der Waals surface area contributed by atoms with Crippen LogP contribution in [0.2, 0.25) is 0 Å². The summed E-state index contributed by atoms with van der Waals surface area (Å²) >= 11 is 0. The number of rotatable bonds is 3. The van der Waals surface area contributed by atoms with Gasteiger partial charge in [0.25, 0.3) is 5.91 Å². The monoisotopic (exact) mass is 251 g/mol. The molecule has 1 aromatic rings. The molecule has 0 aliphatic heterocycles. The van der Waals surface area contributed by atoms with Crippen molar-refractivity contribution in [3.05, 3.63) is 34.4 Å². The Kier molecular flexibility index (Phi) is 3.45. The summed E-state index contributed by atoms with van der Waals surface area (Å²) in [4.78, 5) is 33.5. The summed E-state index contributed by atoms with van der Waals surface area (Å²) in [6.45, 7) is 0. The second kappa shape index (κ2) is 5.03. The Morgan fingerprint density at radius 1 is 1.33 bits per heavy atom. The summed E-state index contributed by atoms with van der Waals surface area (Å²) in [7, 11) is 0. The number of hydrogen-bond donors (Lipinski definition) is 2. The van der Waals surface area contributed by atoms with E-state index in [9.17, 15) is 14.4 Å². The van der Waals surface area contributed by atoms with Gasteiger partial charge in [-0.1, -0.05) is 6.42 Å². The summed E-state index contributed by atoms with van der Waals surface area (Å²) in [5.41, 5.74) is -0.318. The summed E-state index contributed by atoms with van der Waals surface area (Å²) < 4.78 is 4.59. The zero-order valence-electron chi connectivity index (χ0n) is 9.59. The van der Waals surface area contributed by atoms with Crippen molar-refractivity contribution in [2.45, 2.75) is 25.3 Å². The van der Waals surface area contributed by atoms with Gasteiger partial charge in [-0.3, -0.25) is 9.59 Å². The summed E-state index contributed by atoms with van der Waals surface area (Å²) in [5.74, 6) is -1.85. The second-order valence-electron chi connectivity index (χ2n) is 4.30. The first-order valence-corrected chi connectivity index (χ1v) is 5.70. The minimum Gasteiger partial charge on any atom is -0.481 e. The van der Waals surface area contributed by atoms with E-state index in [-0.39, 0.29) is 11.6 Å². The maximum Gasteiger partial charge on any atom is 0.335 e. The molecular weight excluding hydrogens is 238 g/mol. The highest BCUT2D eigenvalue weighted by Gasteiger charge is 2.34. The Bertz CT molecular complexity index is 501. The SMILES string of the molecule is O=C(NC1CCCC1C(=O)O)c1ccc(=O)oc1. The van der Waals surface area contributed by atoms with Gasteiger partial charge in [-0.2, -0.15) is 0 Å². The Morgan fingerprint density at radius 3 is 2.72 bits per heavy atom. The molecule has 6 heteroatoms. The van der Waals surface area contributed by atoms with Gasteiger partial charge in [0, 0.05) is 12.1 Å². The van der Waals surface area contributed by atoms with Gasteiger partial charge in [0.15, 0.2) is 0 Å². The number of carbonyl (C=O) groups excluding carboxylic acids is 1. The first kappa shape index (κ1) is 12.3. The normalized spacial score (nSPS) is 22.7. The number of carboxylic acid groups (broad SMARTS) is 1. The average molecular weight is 251 g/mol. The van der Waals surface area contributed by atoms with Crippen LogP contribution in [0, 0.1) is 5.92 Å². The van der Waals surface area contributed by atoms with Crippen molar-refractivity contribution in [1.82, 2.24) is 5.32 Å². The fourth-order valence-electron chi connectivity index (χ4n) is 2.17. The molecule has 1 saturated carbocycles. The van der Waals surface area contributed by atoms with Crippen LogP contribution in [-0.2, 0) is 4.79 Å². The van der Waals surface area contributed by atoms with Gasteiger partial charge < -0.3 is 14.8 Å². The Morgan fingerprint density at radius 2 is 2.11 bits per heavy atom. The van der Waals surface area contributed by atoms with E-state index in [0.717, 1.165) is 18.8 Å². The third-order valence-electron chi connectivity index (χ3n) is 3.11. The highest BCUT2D eigenvalue weighted by Crippen LogP contribution is 2.26. The maximum absolute atomic E-state index is 11.8. The molecule has 1 heterocycles. The van der Waals surface area contributed by atoms with Crippen LogP contribution in [0.1, 0.15) is 29.6 Å². The molecule has 18 heavy (non-hydrogen) atoms. The fourth-order valence-corrected chi connectivity index (χ4v) is 2.17. The van der Waals surface area contributed by atoms with Gasteiger partial charge in [0.05, 0.1) is 11.5 Å². The van der Waals surface area contributed by atoms with Crippen LogP contribution >= 0.6 is 0 Å². The van der Waals surface area contributed by atoms with Crippen LogP contribution in [0.15, 0.2) is 27.6 Å². The molecule has 1 aromatic heterocycles. The van der Waals surface area contributed by atoms with Crippen LogP contribution in [-0.4, -0.2) is 23.0 Å². The standard InChI is InChI=1S/C12H13NO5/c14-10-5-4-7(6-18-10)11(15)13-9-3-1-2-8(9)12(16)17/h4-6,8-9H,1-3H2,(H,13,15)(H,16,17). The lowest BCUT2D eigenvalue weighted by atomic mass is 10.0. The molecule has 1 fully saturated rings. The van der Waals surface area contributed by atoms with Crippen molar-refractivity contribution in [3.8, 4) is 0 Å². The van der Waals surface area contributed by atoms with Crippen molar-refractivity contribution in [2.75, 3.05) is 0 Å². The molecule has 0 radical (unpaired) electrons. The van der Waals surface area contributed by atoms with Crippen molar-refractivity contribution in [3.63, 3.8) is 0 Å². The summed E-state index contributed by atoms with van der Waals surface area (Å²) in [6, 6.07) is 2.14. The quantitative estimate of drug-likeness (QED) is 0.821. The molecule has 1 aliphatic carbocycles. The molecule has 2 atom stereocenters. The third-order valence-corrected chi connectivity index (χ3v) is 3.11. The third kappa shape index (κ3) is 2.58. The smallest absolute Gasteiger partial charge is 0.335 e. The first-order chi connectivity index (χ1) is 8.58. The number of aliphatic carboxylic acids is 1. The van der Waals surface area contributed by atoms with Gasteiger partial charge in [-0.05, 0) is 18.9 Å². The second-order valence-corrected chi connectivity index (χ2v) is 4.30.